The number of nitrogens with zero attached hydrogens (tertiary/aromatic N) is 2. The summed E-state index contributed by atoms with van der Waals surface area (Å²) in [5.41, 5.74) is 0. The Bertz CT molecular complexity index is 318. The van der Waals surface area contributed by atoms with Crippen molar-refractivity contribution >= 4 is 24.2 Å². The first-order valence-corrected chi connectivity index (χ1v) is 7.73. The molecular formula is C15H30ClN3O2. The Kier molecular flexibility index (Phi) is 10.4. The van der Waals surface area contributed by atoms with Crippen molar-refractivity contribution < 1.29 is 9.59 Å². The van der Waals surface area contributed by atoms with Crippen LogP contribution in [0.4, 0.5) is 0 Å². The number of hydrogen-bond acceptors (Lipinski definition) is 3. The van der Waals surface area contributed by atoms with Gasteiger partial charge in [-0.05, 0) is 44.7 Å². The Labute approximate surface area is 134 Å². The SMILES string of the molecule is CCCN(CC(=O)N(C)C)C(=O)CCC1CCNCC1.Cl. The summed E-state index contributed by atoms with van der Waals surface area (Å²) in [5, 5.41) is 3.34. The van der Waals surface area contributed by atoms with E-state index in [0.717, 1.165) is 38.8 Å². The predicted molar refractivity (Wildman–Crippen MR) is 87.6 cm³/mol. The Morgan fingerprint density at radius 3 is 2.29 bits per heavy atom. The highest BCUT2D eigenvalue weighted by atomic mass is 35.5. The number of amides is 2. The van der Waals surface area contributed by atoms with Crippen LogP contribution < -0.4 is 5.32 Å². The van der Waals surface area contributed by atoms with Gasteiger partial charge in [0, 0.05) is 27.1 Å². The second kappa shape index (κ2) is 10.9. The van der Waals surface area contributed by atoms with Crippen molar-refractivity contribution in [3.63, 3.8) is 0 Å². The van der Waals surface area contributed by atoms with Gasteiger partial charge in [-0.25, -0.2) is 0 Å². The van der Waals surface area contributed by atoms with E-state index in [4.69, 9.17) is 0 Å². The second-order valence-electron chi connectivity index (χ2n) is 5.84. The lowest BCUT2D eigenvalue weighted by Crippen LogP contribution is -2.41. The minimum absolute atomic E-state index is 0. The Morgan fingerprint density at radius 2 is 1.76 bits per heavy atom. The lowest BCUT2D eigenvalue weighted by atomic mass is 9.93. The first kappa shape index (κ1) is 20.2. The van der Waals surface area contributed by atoms with Gasteiger partial charge >= 0.3 is 0 Å². The van der Waals surface area contributed by atoms with Gasteiger partial charge in [-0.1, -0.05) is 6.92 Å². The molecule has 1 heterocycles. The maximum Gasteiger partial charge on any atom is 0.241 e. The Balaban J connectivity index is 0.00000400. The molecule has 0 saturated carbocycles. The zero-order chi connectivity index (χ0) is 15.0. The standard InChI is InChI=1S/C15H29N3O2.ClH/c1-4-11-18(12-15(20)17(2)3)14(19)6-5-13-7-9-16-10-8-13;/h13,16H,4-12H2,1-3H3;1H. The van der Waals surface area contributed by atoms with Crippen LogP contribution in [0, 0.1) is 5.92 Å². The van der Waals surface area contributed by atoms with E-state index in [0.29, 0.717) is 18.9 Å². The summed E-state index contributed by atoms with van der Waals surface area (Å²) in [5.74, 6) is 0.780. The van der Waals surface area contributed by atoms with Crippen molar-refractivity contribution in [2.45, 2.75) is 39.0 Å². The summed E-state index contributed by atoms with van der Waals surface area (Å²) in [4.78, 5) is 27.3. The van der Waals surface area contributed by atoms with Gasteiger partial charge in [0.25, 0.3) is 0 Å². The fourth-order valence-electron chi connectivity index (χ4n) is 2.52. The molecule has 1 fully saturated rings. The molecule has 0 aromatic heterocycles. The third-order valence-electron chi connectivity index (χ3n) is 3.90. The maximum atomic E-state index is 12.3. The van der Waals surface area contributed by atoms with E-state index in [-0.39, 0.29) is 30.8 Å². The zero-order valence-corrected chi connectivity index (χ0v) is 14.4. The summed E-state index contributed by atoms with van der Waals surface area (Å²) in [7, 11) is 3.46. The van der Waals surface area contributed by atoms with Crippen molar-refractivity contribution in [2.75, 3.05) is 40.3 Å². The van der Waals surface area contributed by atoms with Crippen molar-refractivity contribution in [2.24, 2.45) is 5.92 Å². The molecule has 0 atom stereocenters. The van der Waals surface area contributed by atoms with E-state index in [2.05, 4.69) is 5.32 Å². The highest BCUT2D eigenvalue weighted by Crippen LogP contribution is 2.18. The normalized spacial score (nSPS) is 15.2. The molecule has 6 heteroatoms. The van der Waals surface area contributed by atoms with Crippen LogP contribution in [0.25, 0.3) is 0 Å². The summed E-state index contributed by atoms with van der Waals surface area (Å²) in [6.45, 7) is 5.05. The number of rotatable bonds is 7. The molecule has 1 saturated heterocycles. The minimum atomic E-state index is -0.00586. The highest BCUT2D eigenvalue weighted by Gasteiger charge is 2.20. The van der Waals surface area contributed by atoms with Gasteiger partial charge in [0.1, 0.15) is 0 Å². The maximum absolute atomic E-state index is 12.3. The zero-order valence-electron chi connectivity index (χ0n) is 13.6. The third-order valence-corrected chi connectivity index (χ3v) is 3.90. The molecular weight excluding hydrogens is 290 g/mol. The van der Waals surface area contributed by atoms with Crippen LogP contribution in [-0.2, 0) is 9.59 Å². The topological polar surface area (TPSA) is 52.7 Å². The smallest absolute Gasteiger partial charge is 0.241 e. The summed E-state index contributed by atoms with van der Waals surface area (Å²) in [6, 6.07) is 0. The van der Waals surface area contributed by atoms with E-state index in [1.54, 1.807) is 23.9 Å². The number of carbonyl (C=O) groups excluding carboxylic acids is 2. The number of hydrogen-bond donors (Lipinski definition) is 1. The largest absolute Gasteiger partial charge is 0.347 e. The molecule has 0 aliphatic carbocycles. The molecule has 0 bridgehead atoms. The van der Waals surface area contributed by atoms with Gasteiger partial charge in [-0.2, -0.15) is 0 Å². The van der Waals surface area contributed by atoms with Crippen LogP contribution in [0.1, 0.15) is 39.0 Å². The molecule has 0 unspecified atom stereocenters. The van der Waals surface area contributed by atoms with E-state index >= 15 is 0 Å². The molecule has 1 N–H and O–H groups in total. The van der Waals surface area contributed by atoms with Crippen LogP contribution in [-0.4, -0.2) is 61.9 Å². The molecule has 2 amide bonds. The highest BCUT2D eigenvalue weighted by molar-refractivity contribution is 5.85. The second-order valence-corrected chi connectivity index (χ2v) is 5.84. The number of nitrogens with one attached hydrogen (secondary N) is 1. The van der Waals surface area contributed by atoms with Gasteiger partial charge in [-0.15, -0.1) is 12.4 Å². The average molecular weight is 320 g/mol. The molecule has 0 aromatic carbocycles. The molecule has 21 heavy (non-hydrogen) atoms. The quantitative estimate of drug-likeness (QED) is 0.774. The minimum Gasteiger partial charge on any atom is -0.347 e. The van der Waals surface area contributed by atoms with Gasteiger partial charge in [0.15, 0.2) is 0 Å². The van der Waals surface area contributed by atoms with Crippen molar-refractivity contribution in [1.29, 1.82) is 0 Å². The van der Waals surface area contributed by atoms with E-state index < -0.39 is 0 Å². The van der Waals surface area contributed by atoms with Gasteiger partial charge in [0.2, 0.25) is 11.8 Å². The molecule has 0 aromatic rings. The lowest BCUT2D eigenvalue weighted by molar-refractivity contribution is -0.139. The Morgan fingerprint density at radius 1 is 1.14 bits per heavy atom. The van der Waals surface area contributed by atoms with Crippen LogP contribution in [0.15, 0.2) is 0 Å². The molecule has 1 aliphatic rings. The van der Waals surface area contributed by atoms with Crippen molar-refractivity contribution in [1.82, 2.24) is 15.1 Å². The van der Waals surface area contributed by atoms with Crippen molar-refractivity contribution in [3.8, 4) is 0 Å². The molecule has 1 aliphatic heterocycles. The molecule has 0 radical (unpaired) electrons. The first-order valence-electron chi connectivity index (χ1n) is 7.73. The number of halogens is 1. The fourth-order valence-corrected chi connectivity index (χ4v) is 2.52. The summed E-state index contributed by atoms with van der Waals surface area (Å²) in [6.07, 6.45) is 4.75. The van der Waals surface area contributed by atoms with E-state index in [9.17, 15) is 9.59 Å². The molecule has 1 rings (SSSR count). The van der Waals surface area contributed by atoms with Gasteiger partial charge < -0.3 is 15.1 Å². The van der Waals surface area contributed by atoms with Gasteiger partial charge in [-0.3, -0.25) is 9.59 Å². The van der Waals surface area contributed by atoms with Gasteiger partial charge in [0.05, 0.1) is 6.54 Å². The fraction of sp³-hybridized carbons (Fsp3) is 0.867. The molecule has 124 valence electrons. The molecule has 0 spiro atoms. The van der Waals surface area contributed by atoms with Crippen LogP contribution >= 0.6 is 12.4 Å². The van der Waals surface area contributed by atoms with Crippen molar-refractivity contribution in [3.05, 3.63) is 0 Å². The third kappa shape index (κ3) is 7.67. The Hall–Kier alpha value is -0.810. The summed E-state index contributed by atoms with van der Waals surface area (Å²) < 4.78 is 0. The van der Waals surface area contributed by atoms with E-state index in [1.807, 2.05) is 6.92 Å². The predicted octanol–water partition coefficient (Wildman–Crippen LogP) is 1.51. The first-order chi connectivity index (χ1) is 9.54. The summed E-state index contributed by atoms with van der Waals surface area (Å²) >= 11 is 0. The lowest BCUT2D eigenvalue weighted by Gasteiger charge is -2.26. The number of piperidine rings is 1. The van der Waals surface area contributed by atoms with Crippen LogP contribution in [0.3, 0.4) is 0 Å². The number of likely N-dealkylation sites (N-methyl/N-ethyl adjacent to an activating group) is 1. The van der Waals surface area contributed by atoms with Crippen LogP contribution in [0.2, 0.25) is 0 Å². The molecule has 5 nitrogen and oxygen atoms in total. The van der Waals surface area contributed by atoms with Crippen LogP contribution in [0.5, 0.6) is 0 Å². The average Bonchev–Trinajstić information content (AvgIpc) is 2.45. The number of carbonyl (C=O) groups is 2. The van der Waals surface area contributed by atoms with E-state index in [1.165, 1.54) is 0 Å². The monoisotopic (exact) mass is 319 g/mol.